The van der Waals surface area contributed by atoms with Gasteiger partial charge in [0.05, 0.1) is 29.5 Å². The van der Waals surface area contributed by atoms with Gasteiger partial charge in [0.25, 0.3) is 5.56 Å². The van der Waals surface area contributed by atoms with Gasteiger partial charge >= 0.3 is 5.97 Å². The van der Waals surface area contributed by atoms with E-state index in [4.69, 9.17) is 9.15 Å². The molecule has 0 aliphatic heterocycles. The van der Waals surface area contributed by atoms with Gasteiger partial charge in [-0.15, -0.1) is 17.9 Å². The molecule has 3 heterocycles. The van der Waals surface area contributed by atoms with Gasteiger partial charge in [0.15, 0.2) is 5.16 Å². The van der Waals surface area contributed by atoms with E-state index < -0.39 is 5.97 Å². The Morgan fingerprint density at radius 1 is 1.29 bits per heavy atom. The molecule has 10 heteroatoms. The van der Waals surface area contributed by atoms with E-state index >= 15 is 0 Å². The SMILES string of the molecule is C=CCn1c(SCC(=O)Nc2scc(-c3ccco3)c2C(=O)OCC)nc2ccccc2c1=O. The quantitative estimate of drug-likeness (QED) is 0.154. The second kappa shape index (κ2) is 10.5. The summed E-state index contributed by atoms with van der Waals surface area (Å²) in [6, 6.07) is 10.5. The first-order valence-electron chi connectivity index (χ1n) is 10.4. The van der Waals surface area contributed by atoms with Crippen molar-refractivity contribution in [1.82, 2.24) is 9.55 Å². The number of amides is 1. The molecule has 3 aromatic heterocycles. The summed E-state index contributed by atoms with van der Waals surface area (Å²) >= 11 is 2.34. The number of esters is 1. The summed E-state index contributed by atoms with van der Waals surface area (Å²) in [4.78, 5) is 42.8. The van der Waals surface area contributed by atoms with Crippen molar-refractivity contribution >= 4 is 50.9 Å². The number of thiophene rings is 1. The molecule has 0 aliphatic carbocycles. The van der Waals surface area contributed by atoms with Crippen molar-refractivity contribution in [3.8, 4) is 11.3 Å². The van der Waals surface area contributed by atoms with E-state index in [1.165, 1.54) is 22.2 Å². The minimum absolute atomic E-state index is 0.0157. The number of anilines is 1. The number of allylic oxidation sites excluding steroid dienone is 1. The maximum atomic E-state index is 12.9. The molecule has 1 N–H and O–H groups in total. The lowest BCUT2D eigenvalue weighted by atomic mass is 10.1. The fraction of sp³-hybridized carbons (Fsp3) is 0.167. The molecule has 4 rings (SSSR count). The number of hydrogen-bond donors (Lipinski definition) is 1. The Morgan fingerprint density at radius 3 is 2.85 bits per heavy atom. The normalized spacial score (nSPS) is 10.9. The van der Waals surface area contributed by atoms with E-state index in [2.05, 4.69) is 16.9 Å². The summed E-state index contributed by atoms with van der Waals surface area (Å²) in [6.45, 7) is 5.89. The Bertz CT molecular complexity index is 1410. The molecule has 0 atom stereocenters. The molecule has 4 aromatic rings. The van der Waals surface area contributed by atoms with Crippen LogP contribution in [0.2, 0.25) is 0 Å². The van der Waals surface area contributed by atoms with E-state index in [1.807, 2.05) is 0 Å². The number of furan rings is 1. The van der Waals surface area contributed by atoms with Gasteiger partial charge in [0.1, 0.15) is 16.3 Å². The van der Waals surface area contributed by atoms with Crippen molar-refractivity contribution in [3.05, 3.63) is 76.6 Å². The number of ether oxygens (including phenoxy) is 1. The number of carbonyl (C=O) groups excluding carboxylic acids is 2. The Morgan fingerprint density at radius 2 is 2.12 bits per heavy atom. The predicted octanol–water partition coefficient (Wildman–Crippen LogP) is 4.81. The van der Waals surface area contributed by atoms with Crippen molar-refractivity contribution in [2.45, 2.75) is 18.6 Å². The highest BCUT2D eigenvalue weighted by Gasteiger charge is 2.24. The van der Waals surface area contributed by atoms with E-state index in [1.54, 1.807) is 54.8 Å². The second-order valence-electron chi connectivity index (χ2n) is 7.00. The number of thioether (sulfide) groups is 1. The second-order valence-corrected chi connectivity index (χ2v) is 8.83. The maximum absolute atomic E-state index is 12.9. The molecule has 0 bridgehead atoms. The Hall–Kier alpha value is -3.63. The number of benzene rings is 1. The highest BCUT2D eigenvalue weighted by atomic mass is 32.2. The first kappa shape index (κ1) is 23.5. The molecule has 0 radical (unpaired) electrons. The average Bonchev–Trinajstić information content (AvgIpc) is 3.50. The Labute approximate surface area is 203 Å². The Kier molecular flexibility index (Phi) is 7.29. The van der Waals surface area contributed by atoms with Crippen molar-refractivity contribution < 1.29 is 18.7 Å². The van der Waals surface area contributed by atoms with Gasteiger partial charge < -0.3 is 14.5 Å². The van der Waals surface area contributed by atoms with Crippen LogP contribution in [0.4, 0.5) is 5.00 Å². The third-order valence-corrected chi connectivity index (χ3v) is 6.65. The molecular formula is C24H21N3O5S2. The number of aromatic nitrogens is 2. The van der Waals surface area contributed by atoms with Crippen LogP contribution in [-0.2, 0) is 16.1 Å². The Balaban J connectivity index is 1.57. The third kappa shape index (κ3) is 4.82. The van der Waals surface area contributed by atoms with Gasteiger partial charge in [-0.3, -0.25) is 14.2 Å². The first-order valence-corrected chi connectivity index (χ1v) is 12.3. The zero-order valence-electron chi connectivity index (χ0n) is 18.3. The number of carbonyl (C=O) groups is 2. The topological polar surface area (TPSA) is 103 Å². The fourth-order valence-electron chi connectivity index (χ4n) is 3.31. The molecule has 8 nitrogen and oxygen atoms in total. The lowest BCUT2D eigenvalue weighted by Crippen LogP contribution is -2.24. The molecule has 0 aliphatic rings. The number of nitrogens with zero attached hydrogens (tertiary/aromatic N) is 2. The fourth-order valence-corrected chi connectivity index (χ4v) is 5.07. The minimum atomic E-state index is -0.547. The van der Waals surface area contributed by atoms with Crippen molar-refractivity contribution in [2.24, 2.45) is 0 Å². The maximum Gasteiger partial charge on any atom is 0.341 e. The van der Waals surface area contributed by atoms with Crippen LogP contribution in [-0.4, -0.2) is 33.8 Å². The van der Waals surface area contributed by atoms with Crippen LogP contribution in [0.5, 0.6) is 0 Å². The molecule has 174 valence electrons. The minimum Gasteiger partial charge on any atom is -0.464 e. The van der Waals surface area contributed by atoms with Crippen LogP contribution in [0.1, 0.15) is 17.3 Å². The van der Waals surface area contributed by atoms with Crippen LogP contribution in [0.3, 0.4) is 0 Å². The van der Waals surface area contributed by atoms with E-state index in [9.17, 15) is 14.4 Å². The molecule has 0 saturated heterocycles. The monoisotopic (exact) mass is 495 g/mol. The smallest absolute Gasteiger partial charge is 0.341 e. The molecule has 0 fully saturated rings. The standard InChI is InChI=1S/C24H21N3O5S2/c1-3-11-27-22(29)15-8-5-6-9-17(15)25-24(27)34-14-19(28)26-21-20(23(30)31-4-2)16(13-33-21)18-10-7-12-32-18/h3,5-10,12-13H,1,4,11,14H2,2H3,(H,26,28). The van der Waals surface area contributed by atoms with Crippen molar-refractivity contribution in [2.75, 3.05) is 17.7 Å². The molecule has 0 spiro atoms. The summed E-state index contributed by atoms with van der Waals surface area (Å²) in [5.41, 5.74) is 1.15. The highest BCUT2D eigenvalue weighted by Crippen LogP contribution is 2.36. The van der Waals surface area contributed by atoms with Gasteiger partial charge in [-0.05, 0) is 31.2 Å². The number of para-hydroxylation sites is 1. The molecule has 0 unspecified atom stereocenters. The highest BCUT2D eigenvalue weighted by molar-refractivity contribution is 7.99. The first-order chi connectivity index (χ1) is 16.5. The van der Waals surface area contributed by atoms with E-state index in [0.29, 0.717) is 32.4 Å². The van der Waals surface area contributed by atoms with Gasteiger partial charge in [-0.1, -0.05) is 30.0 Å². The van der Waals surface area contributed by atoms with Crippen molar-refractivity contribution in [1.29, 1.82) is 0 Å². The zero-order valence-corrected chi connectivity index (χ0v) is 19.9. The van der Waals surface area contributed by atoms with E-state index in [0.717, 1.165) is 11.8 Å². The lowest BCUT2D eigenvalue weighted by molar-refractivity contribution is -0.113. The van der Waals surface area contributed by atoms with Gasteiger partial charge in [0, 0.05) is 17.5 Å². The number of nitrogens with one attached hydrogen (secondary N) is 1. The van der Waals surface area contributed by atoms with Crippen LogP contribution >= 0.6 is 23.1 Å². The molecule has 1 aromatic carbocycles. The summed E-state index contributed by atoms with van der Waals surface area (Å²) in [7, 11) is 0. The van der Waals surface area contributed by atoms with E-state index in [-0.39, 0.29) is 35.9 Å². The summed E-state index contributed by atoms with van der Waals surface area (Å²) in [6.07, 6.45) is 3.12. The summed E-state index contributed by atoms with van der Waals surface area (Å²) in [5.74, 6) is -0.411. The summed E-state index contributed by atoms with van der Waals surface area (Å²) < 4.78 is 12.1. The largest absolute Gasteiger partial charge is 0.464 e. The lowest BCUT2D eigenvalue weighted by Gasteiger charge is -2.11. The zero-order chi connectivity index (χ0) is 24.1. The van der Waals surface area contributed by atoms with Crippen LogP contribution in [0, 0.1) is 0 Å². The predicted molar refractivity (Wildman–Crippen MR) is 134 cm³/mol. The number of hydrogen-bond acceptors (Lipinski definition) is 8. The molecule has 0 saturated carbocycles. The molecule has 34 heavy (non-hydrogen) atoms. The van der Waals surface area contributed by atoms with Gasteiger partial charge in [0.2, 0.25) is 5.91 Å². The van der Waals surface area contributed by atoms with Crippen LogP contribution in [0.15, 0.2) is 75.1 Å². The third-order valence-electron chi connectivity index (χ3n) is 4.78. The summed E-state index contributed by atoms with van der Waals surface area (Å²) in [5, 5.41) is 5.80. The number of fused-ring (bicyclic) bond motifs is 1. The van der Waals surface area contributed by atoms with Gasteiger partial charge in [-0.2, -0.15) is 0 Å². The van der Waals surface area contributed by atoms with Gasteiger partial charge in [-0.25, -0.2) is 9.78 Å². The molecule has 1 amide bonds. The van der Waals surface area contributed by atoms with Crippen molar-refractivity contribution in [3.63, 3.8) is 0 Å². The number of rotatable bonds is 9. The van der Waals surface area contributed by atoms with Crippen LogP contribution in [0.25, 0.3) is 22.2 Å². The average molecular weight is 496 g/mol. The molecular weight excluding hydrogens is 474 g/mol. The van der Waals surface area contributed by atoms with Crippen LogP contribution < -0.4 is 10.9 Å².